The standard InChI is InChI=1S/C14H12N2O3S2/c1-9-6-7-15-14-11(9)4-3-5-12(14)19-21(17,18)13-8-16-10(2)20-13/h3-8H,1-2H3. The number of aromatic nitrogens is 2. The highest BCUT2D eigenvalue weighted by atomic mass is 32.3. The summed E-state index contributed by atoms with van der Waals surface area (Å²) in [5, 5.41) is 1.54. The number of hydrogen-bond donors (Lipinski definition) is 0. The normalized spacial score (nSPS) is 11.7. The number of thiazole rings is 1. The molecule has 0 saturated carbocycles. The summed E-state index contributed by atoms with van der Waals surface area (Å²) >= 11 is 1.08. The molecule has 3 rings (SSSR count). The Labute approximate surface area is 126 Å². The third-order valence-electron chi connectivity index (χ3n) is 3.00. The minimum Gasteiger partial charge on any atom is -0.376 e. The molecule has 7 heteroatoms. The van der Waals surface area contributed by atoms with Crippen molar-refractivity contribution in [3.8, 4) is 5.75 Å². The summed E-state index contributed by atoms with van der Waals surface area (Å²) in [4.78, 5) is 8.17. The first-order valence-corrected chi connectivity index (χ1v) is 8.41. The number of pyridine rings is 1. The van der Waals surface area contributed by atoms with Crippen LogP contribution in [0.4, 0.5) is 0 Å². The minimum absolute atomic E-state index is 0.0876. The van der Waals surface area contributed by atoms with Gasteiger partial charge in [-0.3, -0.25) is 4.98 Å². The van der Waals surface area contributed by atoms with Gasteiger partial charge in [0.25, 0.3) is 0 Å². The summed E-state index contributed by atoms with van der Waals surface area (Å²) in [7, 11) is -3.88. The van der Waals surface area contributed by atoms with E-state index in [4.69, 9.17) is 4.18 Å². The van der Waals surface area contributed by atoms with Crippen molar-refractivity contribution in [2.75, 3.05) is 0 Å². The Morgan fingerprint density at radius 1 is 1.14 bits per heavy atom. The monoisotopic (exact) mass is 320 g/mol. The van der Waals surface area contributed by atoms with Gasteiger partial charge >= 0.3 is 10.1 Å². The molecule has 0 amide bonds. The Morgan fingerprint density at radius 2 is 1.95 bits per heavy atom. The first-order chi connectivity index (χ1) is 9.97. The number of hydrogen-bond acceptors (Lipinski definition) is 6. The van der Waals surface area contributed by atoms with Crippen LogP contribution in [0.2, 0.25) is 0 Å². The lowest BCUT2D eigenvalue weighted by Crippen LogP contribution is -2.08. The summed E-state index contributed by atoms with van der Waals surface area (Å²) in [6, 6.07) is 7.10. The molecule has 0 aliphatic rings. The maximum Gasteiger partial charge on any atom is 0.350 e. The van der Waals surface area contributed by atoms with Crippen LogP contribution in [0.25, 0.3) is 10.9 Å². The third kappa shape index (κ3) is 2.62. The van der Waals surface area contributed by atoms with E-state index in [-0.39, 0.29) is 9.96 Å². The number of aryl methyl sites for hydroxylation is 2. The molecule has 1 aromatic carbocycles. The molecule has 2 aromatic heterocycles. The molecule has 5 nitrogen and oxygen atoms in total. The first kappa shape index (κ1) is 14.0. The number of benzene rings is 1. The van der Waals surface area contributed by atoms with E-state index >= 15 is 0 Å². The Kier molecular flexibility index (Phi) is 3.38. The van der Waals surface area contributed by atoms with Gasteiger partial charge in [0, 0.05) is 11.6 Å². The molecule has 0 bridgehead atoms. The van der Waals surface area contributed by atoms with Gasteiger partial charge < -0.3 is 4.18 Å². The fourth-order valence-corrected chi connectivity index (χ4v) is 3.98. The van der Waals surface area contributed by atoms with Crippen LogP contribution >= 0.6 is 11.3 Å². The highest BCUT2D eigenvalue weighted by molar-refractivity contribution is 7.89. The average Bonchev–Trinajstić information content (AvgIpc) is 2.87. The fourth-order valence-electron chi connectivity index (χ4n) is 1.97. The van der Waals surface area contributed by atoms with Gasteiger partial charge in [-0.15, -0.1) is 11.3 Å². The SMILES string of the molecule is Cc1ncc(S(=O)(=O)Oc2cccc3c(C)ccnc23)s1. The van der Waals surface area contributed by atoms with Gasteiger partial charge in [0.15, 0.2) is 9.96 Å². The predicted octanol–water partition coefficient (Wildman–Crippen LogP) is 3.08. The van der Waals surface area contributed by atoms with Crippen molar-refractivity contribution in [3.63, 3.8) is 0 Å². The largest absolute Gasteiger partial charge is 0.376 e. The molecule has 3 aromatic rings. The van der Waals surface area contributed by atoms with E-state index in [9.17, 15) is 8.42 Å². The van der Waals surface area contributed by atoms with Crippen molar-refractivity contribution in [3.05, 3.63) is 47.2 Å². The second-order valence-corrected chi connectivity index (χ2v) is 7.52. The quantitative estimate of drug-likeness (QED) is 0.694. The van der Waals surface area contributed by atoms with Crippen LogP contribution in [0.3, 0.4) is 0 Å². The summed E-state index contributed by atoms with van der Waals surface area (Å²) in [5.74, 6) is 0.224. The van der Waals surface area contributed by atoms with E-state index in [0.29, 0.717) is 10.5 Å². The van der Waals surface area contributed by atoms with Crippen LogP contribution in [0, 0.1) is 13.8 Å². The van der Waals surface area contributed by atoms with Crippen molar-refractivity contribution >= 4 is 32.4 Å². The van der Waals surface area contributed by atoms with Crippen LogP contribution in [-0.2, 0) is 10.1 Å². The minimum atomic E-state index is -3.88. The van der Waals surface area contributed by atoms with Crippen LogP contribution < -0.4 is 4.18 Å². The van der Waals surface area contributed by atoms with E-state index in [0.717, 1.165) is 22.3 Å². The van der Waals surface area contributed by atoms with E-state index < -0.39 is 10.1 Å². The maximum absolute atomic E-state index is 12.3. The van der Waals surface area contributed by atoms with Crippen molar-refractivity contribution < 1.29 is 12.6 Å². The van der Waals surface area contributed by atoms with Gasteiger partial charge in [-0.1, -0.05) is 12.1 Å². The van der Waals surface area contributed by atoms with Crippen molar-refractivity contribution in [1.82, 2.24) is 9.97 Å². The first-order valence-electron chi connectivity index (χ1n) is 6.18. The summed E-state index contributed by atoms with van der Waals surface area (Å²) < 4.78 is 29.9. The van der Waals surface area contributed by atoms with Crippen molar-refractivity contribution in [2.45, 2.75) is 18.1 Å². The molecule has 2 heterocycles. The second-order valence-electron chi connectivity index (χ2n) is 4.52. The molecule has 0 unspecified atom stereocenters. The summed E-state index contributed by atoms with van der Waals surface area (Å²) in [5.41, 5.74) is 1.54. The van der Waals surface area contributed by atoms with Crippen LogP contribution in [-0.4, -0.2) is 18.4 Å². The fraction of sp³-hybridized carbons (Fsp3) is 0.143. The van der Waals surface area contributed by atoms with E-state index in [1.807, 2.05) is 19.1 Å². The highest BCUT2D eigenvalue weighted by Crippen LogP contribution is 2.29. The van der Waals surface area contributed by atoms with Crippen molar-refractivity contribution in [2.24, 2.45) is 0 Å². The van der Waals surface area contributed by atoms with E-state index in [1.165, 1.54) is 6.20 Å². The molecule has 0 N–H and O–H groups in total. The molecule has 0 spiro atoms. The molecular weight excluding hydrogens is 308 g/mol. The molecule has 0 aliphatic heterocycles. The van der Waals surface area contributed by atoms with Crippen LogP contribution in [0.5, 0.6) is 5.75 Å². The number of nitrogens with zero attached hydrogens (tertiary/aromatic N) is 2. The molecular formula is C14H12N2O3S2. The topological polar surface area (TPSA) is 69.2 Å². The maximum atomic E-state index is 12.3. The zero-order valence-electron chi connectivity index (χ0n) is 11.4. The molecule has 0 fully saturated rings. The van der Waals surface area contributed by atoms with Gasteiger partial charge in [0.2, 0.25) is 0 Å². The lowest BCUT2D eigenvalue weighted by molar-refractivity contribution is 0.490. The van der Waals surface area contributed by atoms with Crippen LogP contribution in [0.1, 0.15) is 10.6 Å². The molecule has 0 atom stereocenters. The third-order valence-corrected chi connectivity index (χ3v) is 5.56. The smallest absolute Gasteiger partial charge is 0.350 e. The molecule has 0 aliphatic carbocycles. The molecule has 0 saturated heterocycles. The summed E-state index contributed by atoms with van der Waals surface area (Å²) in [6.07, 6.45) is 2.94. The van der Waals surface area contributed by atoms with Crippen molar-refractivity contribution in [1.29, 1.82) is 0 Å². The Balaban J connectivity index is 2.08. The lowest BCUT2D eigenvalue weighted by Gasteiger charge is -2.08. The zero-order chi connectivity index (χ0) is 15.0. The van der Waals surface area contributed by atoms with Gasteiger partial charge in [-0.2, -0.15) is 8.42 Å². The highest BCUT2D eigenvalue weighted by Gasteiger charge is 2.21. The number of fused-ring (bicyclic) bond motifs is 1. The van der Waals surface area contributed by atoms with E-state index in [2.05, 4.69) is 9.97 Å². The van der Waals surface area contributed by atoms with Gasteiger partial charge in [-0.05, 0) is 31.5 Å². The Morgan fingerprint density at radius 3 is 2.67 bits per heavy atom. The average molecular weight is 320 g/mol. The molecule has 0 radical (unpaired) electrons. The van der Waals surface area contributed by atoms with Gasteiger partial charge in [0.1, 0.15) is 5.52 Å². The number of para-hydroxylation sites is 1. The Hall–Kier alpha value is -1.99. The van der Waals surface area contributed by atoms with Gasteiger partial charge in [0.05, 0.1) is 11.2 Å². The second kappa shape index (κ2) is 5.09. The zero-order valence-corrected chi connectivity index (χ0v) is 13.0. The predicted molar refractivity (Wildman–Crippen MR) is 81.1 cm³/mol. The van der Waals surface area contributed by atoms with E-state index in [1.54, 1.807) is 25.3 Å². The lowest BCUT2D eigenvalue weighted by atomic mass is 10.1. The van der Waals surface area contributed by atoms with Crippen LogP contribution in [0.15, 0.2) is 40.9 Å². The number of rotatable bonds is 3. The van der Waals surface area contributed by atoms with Gasteiger partial charge in [-0.25, -0.2) is 4.98 Å². The molecule has 21 heavy (non-hydrogen) atoms. The molecule has 108 valence electrons. The Bertz CT molecular complexity index is 917. The summed E-state index contributed by atoms with van der Waals surface area (Å²) in [6.45, 7) is 3.68.